The molecule has 0 unspecified atom stereocenters. The van der Waals surface area contributed by atoms with Gasteiger partial charge in [-0.05, 0) is 37.6 Å². The molecule has 18 heavy (non-hydrogen) atoms. The van der Waals surface area contributed by atoms with E-state index < -0.39 is 5.97 Å². The highest BCUT2D eigenvalue weighted by atomic mass is 16.4. The molecule has 0 bridgehead atoms. The summed E-state index contributed by atoms with van der Waals surface area (Å²) < 4.78 is 0. The standard InChI is InChI=1S/C15H21NO2/c1-4-16(12(2)3)11-14-7-5-13(6-8-14)9-10-15(17)18/h5-10,12H,4,11H2,1-3H3,(H,17,18)/b10-9+. The minimum atomic E-state index is -0.920. The van der Waals surface area contributed by atoms with Gasteiger partial charge in [-0.25, -0.2) is 4.79 Å². The normalized spacial score (nSPS) is 11.6. The van der Waals surface area contributed by atoms with Crippen LogP contribution < -0.4 is 0 Å². The summed E-state index contributed by atoms with van der Waals surface area (Å²) in [6.45, 7) is 8.49. The lowest BCUT2D eigenvalue weighted by atomic mass is 10.1. The zero-order valence-corrected chi connectivity index (χ0v) is 11.3. The molecule has 0 fully saturated rings. The Labute approximate surface area is 109 Å². The Balaban J connectivity index is 2.68. The van der Waals surface area contributed by atoms with Crippen molar-refractivity contribution in [2.24, 2.45) is 0 Å². The lowest BCUT2D eigenvalue weighted by Crippen LogP contribution is -2.29. The molecule has 0 saturated carbocycles. The lowest BCUT2D eigenvalue weighted by Gasteiger charge is -2.24. The molecule has 0 atom stereocenters. The number of aliphatic carboxylic acids is 1. The van der Waals surface area contributed by atoms with Gasteiger partial charge in [0.2, 0.25) is 0 Å². The Hall–Kier alpha value is -1.61. The zero-order chi connectivity index (χ0) is 13.5. The van der Waals surface area contributed by atoms with Gasteiger partial charge in [-0.2, -0.15) is 0 Å². The predicted octanol–water partition coefficient (Wildman–Crippen LogP) is 3.01. The molecule has 0 saturated heterocycles. The molecular weight excluding hydrogens is 226 g/mol. The van der Waals surface area contributed by atoms with E-state index in [2.05, 4.69) is 25.7 Å². The fraction of sp³-hybridized carbons (Fsp3) is 0.400. The molecule has 0 radical (unpaired) electrons. The molecule has 0 aliphatic heterocycles. The van der Waals surface area contributed by atoms with Crippen LogP contribution in [0.1, 0.15) is 31.9 Å². The Bertz CT molecular complexity index is 407. The largest absolute Gasteiger partial charge is 0.478 e. The molecule has 3 heteroatoms. The van der Waals surface area contributed by atoms with Crippen LogP contribution >= 0.6 is 0 Å². The summed E-state index contributed by atoms with van der Waals surface area (Å²) >= 11 is 0. The molecule has 0 aliphatic carbocycles. The highest BCUT2D eigenvalue weighted by Gasteiger charge is 2.07. The Morgan fingerprint density at radius 2 is 1.94 bits per heavy atom. The topological polar surface area (TPSA) is 40.5 Å². The minimum absolute atomic E-state index is 0.529. The average Bonchev–Trinajstić information content (AvgIpc) is 2.34. The van der Waals surface area contributed by atoms with Crippen molar-refractivity contribution < 1.29 is 9.90 Å². The third kappa shape index (κ3) is 4.72. The van der Waals surface area contributed by atoms with Gasteiger partial charge in [0.05, 0.1) is 0 Å². The molecule has 0 aromatic heterocycles. The van der Waals surface area contributed by atoms with Crippen molar-refractivity contribution in [3.8, 4) is 0 Å². The van der Waals surface area contributed by atoms with Crippen LogP contribution in [0.25, 0.3) is 6.08 Å². The Morgan fingerprint density at radius 3 is 2.39 bits per heavy atom. The predicted molar refractivity (Wildman–Crippen MR) is 74.3 cm³/mol. The molecule has 0 spiro atoms. The van der Waals surface area contributed by atoms with E-state index in [9.17, 15) is 4.79 Å². The van der Waals surface area contributed by atoms with Crippen molar-refractivity contribution in [3.05, 3.63) is 41.5 Å². The van der Waals surface area contributed by atoms with Crippen LogP contribution in [0.15, 0.2) is 30.3 Å². The molecule has 1 N–H and O–H groups in total. The number of benzene rings is 1. The van der Waals surface area contributed by atoms with Gasteiger partial charge in [-0.1, -0.05) is 31.2 Å². The van der Waals surface area contributed by atoms with Crippen molar-refractivity contribution in [2.75, 3.05) is 6.54 Å². The number of nitrogens with zero attached hydrogens (tertiary/aromatic N) is 1. The second kappa shape index (κ2) is 6.97. The molecule has 98 valence electrons. The van der Waals surface area contributed by atoms with E-state index in [1.165, 1.54) is 5.56 Å². The number of carboxylic acids is 1. The van der Waals surface area contributed by atoms with Crippen LogP contribution in [0.5, 0.6) is 0 Å². The SMILES string of the molecule is CCN(Cc1ccc(/C=C/C(=O)O)cc1)C(C)C. The van der Waals surface area contributed by atoms with Gasteiger partial charge in [0, 0.05) is 18.7 Å². The van der Waals surface area contributed by atoms with Crippen LogP contribution in [0.4, 0.5) is 0 Å². The maximum Gasteiger partial charge on any atom is 0.328 e. The average molecular weight is 247 g/mol. The van der Waals surface area contributed by atoms with Crippen LogP contribution in [0.3, 0.4) is 0 Å². The number of hydrogen-bond donors (Lipinski definition) is 1. The third-order valence-corrected chi connectivity index (χ3v) is 2.92. The quantitative estimate of drug-likeness (QED) is 0.786. The van der Waals surface area contributed by atoms with E-state index in [4.69, 9.17) is 5.11 Å². The van der Waals surface area contributed by atoms with Crippen LogP contribution in [-0.4, -0.2) is 28.6 Å². The van der Waals surface area contributed by atoms with Gasteiger partial charge >= 0.3 is 5.97 Å². The van der Waals surface area contributed by atoms with E-state index in [0.717, 1.165) is 24.7 Å². The maximum atomic E-state index is 10.4. The van der Waals surface area contributed by atoms with E-state index in [0.29, 0.717) is 6.04 Å². The summed E-state index contributed by atoms with van der Waals surface area (Å²) in [5.74, 6) is -0.920. The van der Waals surface area contributed by atoms with Crippen molar-refractivity contribution in [1.82, 2.24) is 4.90 Å². The van der Waals surface area contributed by atoms with Crippen molar-refractivity contribution in [1.29, 1.82) is 0 Å². The van der Waals surface area contributed by atoms with Gasteiger partial charge in [0.1, 0.15) is 0 Å². The van der Waals surface area contributed by atoms with Gasteiger partial charge < -0.3 is 5.11 Å². The smallest absolute Gasteiger partial charge is 0.328 e. The molecule has 3 nitrogen and oxygen atoms in total. The summed E-state index contributed by atoms with van der Waals surface area (Å²) in [5.41, 5.74) is 2.16. The van der Waals surface area contributed by atoms with E-state index >= 15 is 0 Å². The molecule has 1 rings (SSSR count). The second-order valence-corrected chi connectivity index (χ2v) is 4.57. The highest BCUT2D eigenvalue weighted by molar-refractivity contribution is 5.85. The van der Waals surface area contributed by atoms with E-state index in [-0.39, 0.29) is 0 Å². The summed E-state index contributed by atoms with van der Waals surface area (Å²) in [7, 11) is 0. The molecule has 0 amide bonds. The number of carbonyl (C=O) groups is 1. The maximum absolute atomic E-state index is 10.4. The monoisotopic (exact) mass is 247 g/mol. The Kier molecular flexibility index (Phi) is 5.59. The van der Waals surface area contributed by atoms with Crippen LogP contribution in [0, 0.1) is 0 Å². The van der Waals surface area contributed by atoms with Crippen LogP contribution in [-0.2, 0) is 11.3 Å². The summed E-state index contributed by atoms with van der Waals surface area (Å²) in [5, 5.41) is 8.55. The Morgan fingerprint density at radius 1 is 1.33 bits per heavy atom. The summed E-state index contributed by atoms with van der Waals surface area (Å²) in [4.78, 5) is 12.8. The summed E-state index contributed by atoms with van der Waals surface area (Å²) in [6.07, 6.45) is 2.76. The first kappa shape index (κ1) is 14.5. The molecule has 0 aliphatic rings. The molecular formula is C15H21NO2. The first-order valence-electron chi connectivity index (χ1n) is 6.27. The van der Waals surface area contributed by atoms with Crippen LogP contribution in [0.2, 0.25) is 0 Å². The molecule has 0 heterocycles. The highest BCUT2D eigenvalue weighted by Crippen LogP contribution is 2.10. The third-order valence-electron chi connectivity index (χ3n) is 2.92. The van der Waals surface area contributed by atoms with E-state index in [1.807, 2.05) is 24.3 Å². The van der Waals surface area contributed by atoms with Gasteiger partial charge in [0.15, 0.2) is 0 Å². The summed E-state index contributed by atoms with van der Waals surface area (Å²) in [6, 6.07) is 8.52. The lowest BCUT2D eigenvalue weighted by molar-refractivity contribution is -0.131. The zero-order valence-electron chi connectivity index (χ0n) is 11.3. The number of carboxylic acid groups (broad SMARTS) is 1. The number of rotatable bonds is 6. The minimum Gasteiger partial charge on any atom is -0.478 e. The molecule has 1 aromatic rings. The molecule has 1 aromatic carbocycles. The fourth-order valence-corrected chi connectivity index (χ4v) is 1.80. The van der Waals surface area contributed by atoms with Crippen molar-refractivity contribution in [3.63, 3.8) is 0 Å². The van der Waals surface area contributed by atoms with Gasteiger partial charge in [0.25, 0.3) is 0 Å². The van der Waals surface area contributed by atoms with Gasteiger partial charge in [-0.3, -0.25) is 4.90 Å². The van der Waals surface area contributed by atoms with Gasteiger partial charge in [-0.15, -0.1) is 0 Å². The van der Waals surface area contributed by atoms with Crippen molar-refractivity contribution >= 4 is 12.0 Å². The second-order valence-electron chi connectivity index (χ2n) is 4.57. The van der Waals surface area contributed by atoms with E-state index in [1.54, 1.807) is 6.08 Å². The fourth-order valence-electron chi connectivity index (χ4n) is 1.80. The first-order chi connectivity index (χ1) is 8.52. The first-order valence-corrected chi connectivity index (χ1v) is 6.27. The van der Waals surface area contributed by atoms with Crippen molar-refractivity contribution in [2.45, 2.75) is 33.4 Å². The number of hydrogen-bond acceptors (Lipinski definition) is 2.